The van der Waals surface area contributed by atoms with Gasteiger partial charge >= 0.3 is 6.03 Å². The van der Waals surface area contributed by atoms with Crippen LogP contribution in [0.4, 0.5) is 19.3 Å². The van der Waals surface area contributed by atoms with Gasteiger partial charge in [0.1, 0.15) is 17.3 Å². The zero-order valence-corrected chi connectivity index (χ0v) is 15.0. The molecule has 2 saturated heterocycles. The van der Waals surface area contributed by atoms with E-state index in [1.807, 2.05) is 0 Å². The number of carbonyl (C=O) groups excluding carboxylic acids is 1. The predicted octanol–water partition coefficient (Wildman–Crippen LogP) is 1.62. The summed E-state index contributed by atoms with van der Waals surface area (Å²) < 4.78 is 59.5. The number of nitrogens with one attached hydrogen (secondary N) is 1. The third-order valence-corrected chi connectivity index (χ3v) is 6.92. The van der Waals surface area contributed by atoms with Gasteiger partial charge in [0.2, 0.25) is 10.0 Å². The van der Waals surface area contributed by atoms with Gasteiger partial charge in [-0.15, -0.1) is 0 Å². The largest absolute Gasteiger partial charge is 0.379 e. The number of para-hydroxylation sites is 1. The number of rotatable bonds is 3. The van der Waals surface area contributed by atoms with E-state index in [1.54, 1.807) is 0 Å². The quantitative estimate of drug-likeness (QED) is 0.852. The highest BCUT2D eigenvalue weighted by molar-refractivity contribution is 7.89. The van der Waals surface area contributed by atoms with Crippen molar-refractivity contribution in [2.75, 3.05) is 44.7 Å². The van der Waals surface area contributed by atoms with Gasteiger partial charge in [0.05, 0.1) is 18.5 Å². The Balaban J connectivity index is 1.69. The average Bonchev–Trinajstić information content (AvgIpc) is 2.65. The van der Waals surface area contributed by atoms with Crippen LogP contribution in [0, 0.1) is 11.6 Å². The number of carbonyl (C=O) groups is 1. The zero-order valence-electron chi connectivity index (χ0n) is 14.2. The summed E-state index contributed by atoms with van der Waals surface area (Å²) in [4.78, 5) is 13.7. The number of anilines is 1. The minimum absolute atomic E-state index is 0.0123. The molecule has 2 aliphatic heterocycles. The number of likely N-dealkylation sites (tertiary alicyclic amines) is 1. The predicted molar refractivity (Wildman–Crippen MR) is 91.3 cm³/mol. The summed E-state index contributed by atoms with van der Waals surface area (Å²) in [6.07, 6.45) is 0.943. The topological polar surface area (TPSA) is 79.0 Å². The van der Waals surface area contributed by atoms with E-state index in [4.69, 9.17) is 4.74 Å². The Labute approximate surface area is 151 Å². The first-order valence-corrected chi connectivity index (χ1v) is 9.96. The fourth-order valence-electron chi connectivity index (χ4n) is 3.18. The Morgan fingerprint density at radius 2 is 1.81 bits per heavy atom. The second-order valence-electron chi connectivity index (χ2n) is 6.29. The molecule has 0 aromatic heterocycles. The number of morpholine rings is 1. The van der Waals surface area contributed by atoms with Crippen LogP contribution in [-0.4, -0.2) is 68.3 Å². The van der Waals surface area contributed by atoms with Crippen molar-refractivity contribution in [1.82, 2.24) is 9.21 Å². The van der Waals surface area contributed by atoms with Crippen LogP contribution in [0.1, 0.15) is 12.8 Å². The van der Waals surface area contributed by atoms with Crippen LogP contribution in [0.5, 0.6) is 0 Å². The smallest absolute Gasteiger partial charge is 0.322 e. The third-order valence-electron chi connectivity index (χ3n) is 4.61. The molecule has 1 aromatic carbocycles. The lowest BCUT2D eigenvalue weighted by molar-refractivity contribution is 0.0721. The van der Waals surface area contributed by atoms with Crippen molar-refractivity contribution in [2.45, 2.75) is 18.1 Å². The van der Waals surface area contributed by atoms with E-state index in [0.717, 1.165) is 12.1 Å². The molecule has 7 nitrogen and oxygen atoms in total. The Bertz CT molecular complexity index is 749. The molecule has 0 saturated carbocycles. The SMILES string of the molecule is O=C(Nc1c(F)cccc1F)N1CCC[C@H](S(=O)(=O)N2CCOCC2)C1. The number of piperidine rings is 1. The molecule has 2 amide bonds. The van der Waals surface area contributed by atoms with Crippen molar-refractivity contribution >= 4 is 21.7 Å². The Morgan fingerprint density at radius 1 is 1.15 bits per heavy atom. The maximum Gasteiger partial charge on any atom is 0.322 e. The number of nitrogens with zero attached hydrogens (tertiary/aromatic N) is 2. The number of urea groups is 1. The lowest BCUT2D eigenvalue weighted by Gasteiger charge is -2.36. The monoisotopic (exact) mass is 389 g/mol. The second kappa shape index (κ2) is 7.85. The summed E-state index contributed by atoms with van der Waals surface area (Å²) in [6, 6.07) is 2.57. The van der Waals surface area contributed by atoms with Gasteiger partial charge in [-0.3, -0.25) is 0 Å². The maximum absolute atomic E-state index is 13.7. The van der Waals surface area contributed by atoms with Gasteiger partial charge in [0.15, 0.2) is 0 Å². The minimum atomic E-state index is -3.56. The number of hydrogen-bond donors (Lipinski definition) is 1. The molecule has 1 N–H and O–H groups in total. The molecular weight excluding hydrogens is 368 g/mol. The van der Waals surface area contributed by atoms with Crippen molar-refractivity contribution in [2.24, 2.45) is 0 Å². The number of benzene rings is 1. The van der Waals surface area contributed by atoms with E-state index < -0.39 is 38.6 Å². The molecule has 144 valence electrons. The van der Waals surface area contributed by atoms with Crippen LogP contribution in [0.15, 0.2) is 18.2 Å². The first-order valence-electron chi connectivity index (χ1n) is 8.46. The fraction of sp³-hybridized carbons (Fsp3) is 0.562. The van der Waals surface area contributed by atoms with E-state index in [2.05, 4.69) is 5.32 Å². The number of ether oxygens (including phenoxy) is 1. The van der Waals surface area contributed by atoms with Crippen molar-refractivity contribution < 1.29 is 26.7 Å². The van der Waals surface area contributed by atoms with Crippen molar-refractivity contribution in [3.63, 3.8) is 0 Å². The highest BCUT2D eigenvalue weighted by atomic mass is 32.2. The lowest BCUT2D eigenvalue weighted by atomic mass is 10.1. The van der Waals surface area contributed by atoms with Crippen LogP contribution in [0.3, 0.4) is 0 Å². The molecule has 3 rings (SSSR count). The van der Waals surface area contributed by atoms with Gasteiger partial charge < -0.3 is 15.0 Å². The van der Waals surface area contributed by atoms with Gasteiger partial charge in [0, 0.05) is 26.2 Å². The van der Waals surface area contributed by atoms with Crippen LogP contribution < -0.4 is 5.32 Å². The van der Waals surface area contributed by atoms with Gasteiger partial charge in [0.25, 0.3) is 0 Å². The molecule has 1 aromatic rings. The first kappa shape index (κ1) is 19.0. The molecule has 0 bridgehead atoms. The van der Waals surface area contributed by atoms with Crippen molar-refractivity contribution in [1.29, 1.82) is 0 Å². The highest BCUT2D eigenvalue weighted by Crippen LogP contribution is 2.23. The summed E-state index contributed by atoms with van der Waals surface area (Å²) in [7, 11) is -3.56. The van der Waals surface area contributed by atoms with Crippen LogP contribution in [0.2, 0.25) is 0 Å². The summed E-state index contributed by atoms with van der Waals surface area (Å²) in [5.41, 5.74) is -0.532. The normalized spacial score (nSPS) is 22.2. The summed E-state index contributed by atoms with van der Waals surface area (Å²) in [6.45, 7) is 1.61. The molecular formula is C16H21F2N3O4S. The van der Waals surface area contributed by atoms with Crippen LogP contribution >= 0.6 is 0 Å². The molecule has 0 unspecified atom stereocenters. The van der Waals surface area contributed by atoms with Gasteiger partial charge in [-0.1, -0.05) is 6.07 Å². The zero-order chi connectivity index (χ0) is 18.7. The minimum Gasteiger partial charge on any atom is -0.379 e. The fourth-order valence-corrected chi connectivity index (χ4v) is 5.09. The van der Waals surface area contributed by atoms with Crippen molar-refractivity contribution in [3.8, 4) is 0 Å². The van der Waals surface area contributed by atoms with Crippen molar-refractivity contribution in [3.05, 3.63) is 29.8 Å². The lowest BCUT2D eigenvalue weighted by Crippen LogP contribution is -2.52. The second-order valence-corrected chi connectivity index (χ2v) is 8.51. The van der Waals surface area contributed by atoms with E-state index in [-0.39, 0.29) is 6.54 Å². The molecule has 1 atom stereocenters. The molecule has 0 radical (unpaired) electrons. The van der Waals surface area contributed by atoms with Crippen LogP contribution in [-0.2, 0) is 14.8 Å². The average molecular weight is 389 g/mol. The molecule has 2 heterocycles. The molecule has 2 fully saturated rings. The number of sulfonamides is 1. The van der Waals surface area contributed by atoms with Gasteiger partial charge in [-0.05, 0) is 25.0 Å². The number of hydrogen-bond acceptors (Lipinski definition) is 4. The highest BCUT2D eigenvalue weighted by Gasteiger charge is 2.37. The summed E-state index contributed by atoms with van der Waals surface area (Å²) in [5.74, 6) is -1.76. The molecule has 0 spiro atoms. The Hall–Kier alpha value is -1.78. The molecule has 0 aliphatic carbocycles. The summed E-state index contributed by atoms with van der Waals surface area (Å²) >= 11 is 0. The van der Waals surface area contributed by atoms with Crippen LogP contribution in [0.25, 0.3) is 0 Å². The maximum atomic E-state index is 13.7. The number of amides is 2. The van der Waals surface area contributed by atoms with E-state index >= 15 is 0 Å². The summed E-state index contributed by atoms with van der Waals surface area (Å²) in [5, 5.41) is 1.48. The van der Waals surface area contributed by atoms with E-state index in [1.165, 1.54) is 15.3 Å². The number of halogens is 2. The third kappa shape index (κ3) is 3.97. The first-order chi connectivity index (χ1) is 12.4. The molecule has 2 aliphatic rings. The standard InChI is InChI=1S/C16H21F2N3O4S/c17-13-4-1-5-14(18)15(13)19-16(22)20-6-2-3-12(11-20)26(23,24)21-7-9-25-10-8-21/h1,4-5,12H,2-3,6-11H2,(H,19,22)/t12-/m0/s1. The Morgan fingerprint density at radius 3 is 2.46 bits per heavy atom. The van der Waals surface area contributed by atoms with E-state index in [0.29, 0.717) is 45.7 Å². The molecule has 10 heteroatoms. The van der Waals surface area contributed by atoms with E-state index in [9.17, 15) is 22.0 Å². The Kier molecular flexibility index (Phi) is 5.73. The van der Waals surface area contributed by atoms with Gasteiger partial charge in [-0.25, -0.2) is 22.0 Å². The molecule has 26 heavy (non-hydrogen) atoms. The van der Waals surface area contributed by atoms with Gasteiger partial charge in [-0.2, -0.15) is 4.31 Å².